The SMILES string of the molecule is Cc1cccc(NC(=O)c2cccc(NC(=S)NC(=O)c3ccc(-c4ccccc4)cc3)c2)c1. The van der Waals surface area contributed by atoms with E-state index in [9.17, 15) is 9.59 Å². The predicted molar refractivity (Wildman–Crippen MR) is 141 cm³/mol. The first kappa shape index (κ1) is 22.9. The van der Waals surface area contributed by atoms with Gasteiger partial charge in [-0.1, -0.05) is 60.7 Å². The third kappa shape index (κ3) is 5.94. The molecule has 0 aliphatic rings. The number of rotatable bonds is 5. The van der Waals surface area contributed by atoms with E-state index in [4.69, 9.17) is 12.2 Å². The zero-order valence-corrected chi connectivity index (χ0v) is 19.4. The molecule has 0 spiro atoms. The van der Waals surface area contributed by atoms with Gasteiger partial charge in [0.25, 0.3) is 11.8 Å². The number of aryl methyl sites for hydroxylation is 1. The highest BCUT2D eigenvalue weighted by Crippen LogP contribution is 2.19. The summed E-state index contributed by atoms with van der Waals surface area (Å²) in [7, 11) is 0. The number of amides is 2. The molecule has 2 amide bonds. The van der Waals surface area contributed by atoms with Crippen molar-refractivity contribution < 1.29 is 9.59 Å². The first-order valence-electron chi connectivity index (χ1n) is 10.7. The molecule has 0 radical (unpaired) electrons. The van der Waals surface area contributed by atoms with Gasteiger partial charge in [0.15, 0.2) is 5.11 Å². The van der Waals surface area contributed by atoms with Gasteiger partial charge in [-0.15, -0.1) is 0 Å². The Hall–Kier alpha value is -4.29. The van der Waals surface area contributed by atoms with Crippen LogP contribution in [0.3, 0.4) is 0 Å². The average Bonchev–Trinajstić information content (AvgIpc) is 2.85. The van der Waals surface area contributed by atoms with E-state index in [0.717, 1.165) is 22.4 Å². The summed E-state index contributed by atoms with van der Waals surface area (Å²) in [6.45, 7) is 1.97. The number of hydrogen-bond acceptors (Lipinski definition) is 3. The van der Waals surface area contributed by atoms with E-state index in [1.807, 2.05) is 73.7 Å². The molecule has 0 aliphatic heterocycles. The van der Waals surface area contributed by atoms with Crippen LogP contribution in [0.15, 0.2) is 103 Å². The van der Waals surface area contributed by atoms with Gasteiger partial charge in [-0.2, -0.15) is 0 Å². The molecule has 4 rings (SSSR count). The van der Waals surface area contributed by atoms with Crippen molar-refractivity contribution in [3.63, 3.8) is 0 Å². The third-order valence-electron chi connectivity index (χ3n) is 5.14. The summed E-state index contributed by atoms with van der Waals surface area (Å²) in [4.78, 5) is 25.2. The molecule has 6 heteroatoms. The third-order valence-corrected chi connectivity index (χ3v) is 5.34. The normalized spacial score (nSPS) is 10.3. The molecule has 34 heavy (non-hydrogen) atoms. The number of carbonyl (C=O) groups excluding carboxylic acids is 2. The summed E-state index contributed by atoms with van der Waals surface area (Å²) in [6, 6.07) is 31.8. The summed E-state index contributed by atoms with van der Waals surface area (Å²) in [5.74, 6) is -0.548. The molecule has 0 unspecified atom stereocenters. The highest BCUT2D eigenvalue weighted by Gasteiger charge is 2.11. The monoisotopic (exact) mass is 465 g/mol. The van der Waals surface area contributed by atoms with E-state index in [1.54, 1.807) is 36.4 Å². The standard InChI is InChI=1S/C28H23N3O2S/c1-19-7-5-11-24(17-19)29-27(33)23-10-6-12-25(18-23)30-28(34)31-26(32)22-15-13-21(14-16-22)20-8-3-2-4-9-20/h2-18H,1H3,(H,29,33)(H2,30,31,32,34). The van der Waals surface area contributed by atoms with Crippen LogP contribution in [0.4, 0.5) is 11.4 Å². The Labute approximate surface area is 203 Å². The Morgan fingerprint density at radius 1 is 0.618 bits per heavy atom. The van der Waals surface area contributed by atoms with Gasteiger partial charge < -0.3 is 10.6 Å². The second-order valence-corrected chi connectivity index (χ2v) is 8.16. The summed E-state index contributed by atoms with van der Waals surface area (Å²) in [5.41, 5.74) is 5.46. The van der Waals surface area contributed by atoms with Crippen LogP contribution >= 0.6 is 12.2 Å². The van der Waals surface area contributed by atoms with Gasteiger partial charge in [-0.3, -0.25) is 14.9 Å². The molecule has 3 N–H and O–H groups in total. The summed E-state index contributed by atoms with van der Waals surface area (Å²) < 4.78 is 0. The van der Waals surface area contributed by atoms with Crippen molar-refractivity contribution >= 4 is 40.5 Å². The molecule has 0 aromatic heterocycles. The lowest BCUT2D eigenvalue weighted by Crippen LogP contribution is -2.34. The maximum absolute atomic E-state index is 12.6. The zero-order valence-electron chi connectivity index (χ0n) is 18.5. The molecule has 0 saturated heterocycles. The van der Waals surface area contributed by atoms with Gasteiger partial charge in [0, 0.05) is 22.5 Å². The Morgan fingerprint density at radius 3 is 1.97 bits per heavy atom. The smallest absolute Gasteiger partial charge is 0.257 e. The van der Waals surface area contributed by atoms with Gasteiger partial charge in [-0.25, -0.2) is 0 Å². The molecule has 0 bridgehead atoms. The number of nitrogens with one attached hydrogen (secondary N) is 3. The molecule has 4 aromatic carbocycles. The second-order valence-electron chi connectivity index (χ2n) is 7.76. The maximum atomic E-state index is 12.6. The first-order valence-corrected chi connectivity index (χ1v) is 11.1. The second kappa shape index (κ2) is 10.6. The Kier molecular flexibility index (Phi) is 7.10. The highest BCUT2D eigenvalue weighted by atomic mass is 32.1. The summed E-state index contributed by atoms with van der Waals surface area (Å²) in [6.07, 6.45) is 0. The van der Waals surface area contributed by atoms with Crippen molar-refractivity contribution in [1.29, 1.82) is 0 Å². The van der Waals surface area contributed by atoms with Crippen LogP contribution < -0.4 is 16.0 Å². The lowest BCUT2D eigenvalue weighted by atomic mass is 10.0. The molecule has 0 heterocycles. The van der Waals surface area contributed by atoms with Crippen LogP contribution in [-0.4, -0.2) is 16.9 Å². The molecule has 0 atom stereocenters. The van der Waals surface area contributed by atoms with Crippen LogP contribution in [-0.2, 0) is 0 Å². The molecular weight excluding hydrogens is 442 g/mol. The van der Waals surface area contributed by atoms with E-state index in [0.29, 0.717) is 16.8 Å². The van der Waals surface area contributed by atoms with E-state index in [-0.39, 0.29) is 16.9 Å². The minimum Gasteiger partial charge on any atom is -0.332 e. The van der Waals surface area contributed by atoms with E-state index in [1.165, 1.54) is 0 Å². The lowest BCUT2D eigenvalue weighted by molar-refractivity contribution is 0.0976. The highest BCUT2D eigenvalue weighted by molar-refractivity contribution is 7.80. The molecule has 168 valence electrons. The molecule has 0 fully saturated rings. The van der Waals surface area contributed by atoms with Crippen molar-refractivity contribution in [2.75, 3.05) is 10.6 Å². The number of thiocarbonyl (C=S) groups is 1. The van der Waals surface area contributed by atoms with Gasteiger partial charge in [0.05, 0.1) is 0 Å². The Bertz CT molecular complexity index is 1340. The molecule has 5 nitrogen and oxygen atoms in total. The minimum atomic E-state index is -0.314. The average molecular weight is 466 g/mol. The fourth-order valence-electron chi connectivity index (χ4n) is 3.45. The number of anilines is 2. The summed E-state index contributed by atoms with van der Waals surface area (Å²) in [5, 5.41) is 8.67. The topological polar surface area (TPSA) is 70.2 Å². The fourth-order valence-corrected chi connectivity index (χ4v) is 3.66. The fraction of sp³-hybridized carbons (Fsp3) is 0.0357. The van der Waals surface area contributed by atoms with Crippen LogP contribution in [0, 0.1) is 6.92 Å². The van der Waals surface area contributed by atoms with E-state index < -0.39 is 0 Å². The predicted octanol–water partition coefficient (Wildman–Crippen LogP) is 6.04. The van der Waals surface area contributed by atoms with Gasteiger partial charge in [0.2, 0.25) is 0 Å². The van der Waals surface area contributed by atoms with Gasteiger partial charge in [0.1, 0.15) is 0 Å². The zero-order chi connectivity index (χ0) is 23.9. The number of benzene rings is 4. The van der Waals surface area contributed by atoms with E-state index >= 15 is 0 Å². The molecule has 4 aromatic rings. The molecule has 0 saturated carbocycles. The molecule has 0 aliphatic carbocycles. The first-order chi connectivity index (χ1) is 16.5. The Balaban J connectivity index is 1.36. The lowest BCUT2D eigenvalue weighted by Gasteiger charge is -2.11. The van der Waals surface area contributed by atoms with Gasteiger partial charge >= 0.3 is 0 Å². The van der Waals surface area contributed by atoms with Gasteiger partial charge in [-0.05, 0) is 78.3 Å². The Morgan fingerprint density at radius 2 is 1.26 bits per heavy atom. The maximum Gasteiger partial charge on any atom is 0.257 e. The van der Waals surface area contributed by atoms with Crippen LogP contribution in [0.1, 0.15) is 26.3 Å². The van der Waals surface area contributed by atoms with Crippen LogP contribution in [0.25, 0.3) is 11.1 Å². The van der Waals surface area contributed by atoms with Crippen LogP contribution in [0.2, 0.25) is 0 Å². The quantitative estimate of drug-likeness (QED) is 0.314. The molecular formula is C28H23N3O2S. The van der Waals surface area contributed by atoms with E-state index in [2.05, 4.69) is 16.0 Å². The van der Waals surface area contributed by atoms with Crippen LogP contribution in [0.5, 0.6) is 0 Å². The van der Waals surface area contributed by atoms with Crippen molar-refractivity contribution in [1.82, 2.24) is 5.32 Å². The minimum absolute atomic E-state index is 0.147. The van der Waals surface area contributed by atoms with Crippen molar-refractivity contribution in [3.05, 3.63) is 120 Å². The largest absolute Gasteiger partial charge is 0.332 e. The summed E-state index contributed by atoms with van der Waals surface area (Å²) >= 11 is 5.30. The number of carbonyl (C=O) groups is 2. The van der Waals surface area contributed by atoms with Crippen molar-refractivity contribution in [3.8, 4) is 11.1 Å². The van der Waals surface area contributed by atoms with Crippen molar-refractivity contribution in [2.24, 2.45) is 0 Å². The van der Waals surface area contributed by atoms with Crippen molar-refractivity contribution in [2.45, 2.75) is 6.92 Å². The number of hydrogen-bond donors (Lipinski definition) is 3.